The molecule has 1 aliphatic heterocycles. The molecule has 108 valence electrons. The number of hydrogen-bond acceptors (Lipinski definition) is 4. The number of para-hydroxylation sites is 1. The van der Waals surface area contributed by atoms with Crippen LogP contribution in [0.5, 0.6) is 5.88 Å². The van der Waals surface area contributed by atoms with Gasteiger partial charge in [-0.3, -0.25) is 14.4 Å². The number of nitrogens with zero attached hydrogens (tertiary/aromatic N) is 3. The maximum atomic E-state index is 12.2. The maximum absolute atomic E-state index is 12.2. The van der Waals surface area contributed by atoms with Gasteiger partial charge in [-0.2, -0.15) is 0 Å². The van der Waals surface area contributed by atoms with E-state index in [1.54, 1.807) is 10.6 Å². The Bertz CT molecular complexity index is 906. The van der Waals surface area contributed by atoms with Gasteiger partial charge in [-0.1, -0.05) is 29.5 Å². The minimum atomic E-state index is -0.306. The predicted octanol–water partition coefficient (Wildman–Crippen LogP) is 0.554. The lowest BCUT2D eigenvalue weighted by atomic mass is 10.1. The van der Waals surface area contributed by atoms with Crippen LogP contribution in [0.4, 0.5) is 0 Å². The Morgan fingerprint density at radius 3 is 2.81 bits per heavy atom. The van der Waals surface area contributed by atoms with E-state index in [1.165, 1.54) is 11.3 Å². The molecule has 1 aromatic carbocycles. The van der Waals surface area contributed by atoms with Crippen molar-refractivity contribution in [1.82, 2.24) is 4.57 Å². The van der Waals surface area contributed by atoms with Gasteiger partial charge in [0.05, 0.1) is 10.9 Å². The van der Waals surface area contributed by atoms with Crippen LogP contribution in [0.3, 0.4) is 0 Å². The molecule has 3 rings (SSSR count). The largest absolute Gasteiger partial charge is 0.493 e. The molecule has 1 amide bonds. The van der Waals surface area contributed by atoms with Crippen LogP contribution in [0.15, 0.2) is 34.3 Å². The molecule has 0 spiro atoms. The Morgan fingerprint density at radius 2 is 2.10 bits per heavy atom. The molecule has 21 heavy (non-hydrogen) atoms. The zero-order valence-electron chi connectivity index (χ0n) is 11.8. The fourth-order valence-electron chi connectivity index (χ4n) is 2.39. The smallest absolute Gasteiger partial charge is 0.279 e. The van der Waals surface area contributed by atoms with Crippen molar-refractivity contribution in [2.24, 2.45) is 9.98 Å². The van der Waals surface area contributed by atoms with E-state index in [0.29, 0.717) is 28.9 Å². The van der Waals surface area contributed by atoms with Gasteiger partial charge in [-0.15, -0.1) is 0 Å². The van der Waals surface area contributed by atoms with E-state index in [0.717, 1.165) is 10.0 Å². The molecular formula is C15H15N3O2S. The standard InChI is InChI=1S/C15H15N3O2S/c1-3-16-15-18(4-2)14(20)12(21-15)11-9-7-5-6-8-10(9)17-13(11)19/h5-8,20H,3-4H2,1-2H3. The van der Waals surface area contributed by atoms with Gasteiger partial charge in [0.25, 0.3) is 5.91 Å². The zero-order valence-corrected chi connectivity index (χ0v) is 12.6. The summed E-state index contributed by atoms with van der Waals surface area (Å²) in [6.45, 7) is 5.10. The summed E-state index contributed by atoms with van der Waals surface area (Å²) < 4.78 is 1.71. The quantitative estimate of drug-likeness (QED) is 0.900. The van der Waals surface area contributed by atoms with Crippen LogP contribution in [0.1, 0.15) is 18.7 Å². The summed E-state index contributed by atoms with van der Waals surface area (Å²) in [7, 11) is 0. The molecule has 0 fully saturated rings. The number of hydrogen-bond donors (Lipinski definition) is 1. The van der Waals surface area contributed by atoms with Crippen molar-refractivity contribution in [3.63, 3.8) is 0 Å². The maximum Gasteiger partial charge on any atom is 0.279 e. The number of rotatable bonds is 3. The van der Waals surface area contributed by atoms with Crippen molar-refractivity contribution in [2.75, 3.05) is 6.54 Å². The van der Waals surface area contributed by atoms with Gasteiger partial charge in [0.2, 0.25) is 5.88 Å². The van der Waals surface area contributed by atoms with Crippen molar-refractivity contribution in [3.8, 4) is 5.88 Å². The van der Waals surface area contributed by atoms with Crippen LogP contribution in [-0.2, 0) is 11.3 Å². The van der Waals surface area contributed by atoms with E-state index in [4.69, 9.17) is 0 Å². The third-order valence-electron chi connectivity index (χ3n) is 3.33. The summed E-state index contributed by atoms with van der Waals surface area (Å²) in [6, 6.07) is 7.36. The first kappa shape index (κ1) is 13.8. The molecule has 0 unspecified atom stereocenters. The van der Waals surface area contributed by atoms with Gasteiger partial charge in [-0.05, 0) is 19.9 Å². The van der Waals surface area contributed by atoms with Crippen LogP contribution < -0.4 is 15.4 Å². The fourth-order valence-corrected chi connectivity index (χ4v) is 3.59. The molecule has 0 aliphatic carbocycles. The highest BCUT2D eigenvalue weighted by Gasteiger charge is 2.24. The zero-order chi connectivity index (χ0) is 15.0. The lowest BCUT2D eigenvalue weighted by Gasteiger charge is -2.01. The van der Waals surface area contributed by atoms with Crippen LogP contribution in [0.25, 0.3) is 5.57 Å². The number of aromatic nitrogens is 1. The summed E-state index contributed by atoms with van der Waals surface area (Å²) in [4.78, 5) is 21.9. The third-order valence-corrected chi connectivity index (χ3v) is 4.45. The molecule has 2 heterocycles. The topological polar surface area (TPSA) is 66.9 Å². The van der Waals surface area contributed by atoms with Gasteiger partial charge in [0.15, 0.2) is 4.80 Å². The minimum absolute atomic E-state index is 0.0879. The summed E-state index contributed by atoms with van der Waals surface area (Å²) in [5.41, 5.74) is 0.466. The van der Waals surface area contributed by atoms with Crippen molar-refractivity contribution in [3.05, 3.63) is 44.5 Å². The van der Waals surface area contributed by atoms with E-state index < -0.39 is 0 Å². The lowest BCUT2D eigenvalue weighted by molar-refractivity contribution is -0.112. The van der Waals surface area contributed by atoms with Gasteiger partial charge in [0.1, 0.15) is 4.88 Å². The van der Waals surface area contributed by atoms with Gasteiger partial charge in [0, 0.05) is 18.3 Å². The summed E-state index contributed by atoms with van der Waals surface area (Å²) in [5.74, 6) is -0.219. The van der Waals surface area contributed by atoms with Crippen molar-refractivity contribution < 1.29 is 9.90 Å². The number of fused-ring (bicyclic) bond motifs is 1. The van der Waals surface area contributed by atoms with E-state index in [-0.39, 0.29) is 11.8 Å². The number of amides is 1. The van der Waals surface area contributed by atoms with E-state index >= 15 is 0 Å². The number of aromatic hydroxyl groups is 1. The summed E-state index contributed by atoms with van der Waals surface area (Å²) in [5, 5.41) is 11.9. The van der Waals surface area contributed by atoms with E-state index in [9.17, 15) is 9.90 Å². The lowest BCUT2D eigenvalue weighted by Crippen LogP contribution is -2.22. The first-order valence-electron chi connectivity index (χ1n) is 6.83. The summed E-state index contributed by atoms with van der Waals surface area (Å²) in [6.07, 6.45) is 0. The number of carbonyl (C=O) groups is 1. The molecule has 5 nitrogen and oxygen atoms in total. The minimum Gasteiger partial charge on any atom is -0.493 e. The summed E-state index contributed by atoms with van der Waals surface area (Å²) >= 11 is 1.33. The van der Waals surface area contributed by atoms with Gasteiger partial charge in [-0.25, -0.2) is 4.99 Å². The van der Waals surface area contributed by atoms with Gasteiger partial charge < -0.3 is 5.11 Å². The number of thiazole rings is 1. The first-order chi connectivity index (χ1) is 10.2. The van der Waals surface area contributed by atoms with Crippen LogP contribution in [-0.4, -0.2) is 22.1 Å². The van der Waals surface area contributed by atoms with E-state index in [2.05, 4.69) is 9.98 Å². The monoisotopic (exact) mass is 301 g/mol. The van der Waals surface area contributed by atoms with Crippen LogP contribution in [0, 0.1) is 0 Å². The second kappa shape index (κ2) is 5.29. The molecule has 0 radical (unpaired) electrons. The van der Waals surface area contributed by atoms with Crippen molar-refractivity contribution >= 4 is 22.8 Å². The molecule has 1 aromatic heterocycles. The van der Waals surface area contributed by atoms with Crippen LogP contribution in [0.2, 0.25) is 0 Å². The Morgan fingerprint density at radius 1 is 1.33 bits per heavy atom. The van der Waals surface area contributed by atoms with Crippen molar-refractivity contribution in [1.29, 1.82) is 0 Å². The Balaban J connectivity index is 2.36. The molecular weight excluding hydrogens is 286 g/mol. The fraction of sp³-hybridized carbons (Fsp3) is 0.267. The highest BCUT2D eigenvalue weighted by Crippen LogP contribution is 2.28. The predicted molar refractivity (Wildman–Crippen MR) is 80.5 cm³/mol. The Kier molecular flexibility index (Phi) is 3.47. The Hall–Kier alpha value is -2.21. The Labute approximate surface area is 125 Å². The van der Waals surface area contributed by atoms with Gasteiger partial charge >= 0.3 is 0 Å². The second-order valence-electron chi connectivity index (χ2n) is 4.57. The molecule has 0 saturated heterocycles. The average Bonchev–Trinajstić information content (AvgIpc) is 2.95. The highest BCUT2D eigenvalue weighted by atomic mass is 32.1. The molecule has 6 heteroatoms. The molecule has 0 bridgehead atoms. The molecule has 0 atom stereocenters. The highest BCUT2D eigenvalue weighted by molar-refractivity contribution is 7.11. The molecule has 2 aromatic rings. The first-order valence-corrected chi connectivity index (χ1v) is 7.64. The second-order valence-corrected chi connectivity index (χ2v) is 5.54. The average molecular weight is 301 g/mol. The molecule has 1 aliphatic rings. The van der Waals surface area contributed by atoms with Crippen molar-refractivity contribution in [2.45, 2.75) is 20.4 Å². The number of benzene rings is 1. The SMILES string of the molecule is CCN=c1sc(C2=c3ccccc3=NC2=O)c(O)n1CC. The number of carbonyl (C=O) groups excluding carboxylic acids is 1. The molecule has 0 saturated carbocycles. The third kappa shape index (κ3) is 2.12. The molecule has 1 N–H and O–H groups in total. The van der Waals surface area contributed by atoms with E-state index in [1.807, 2.05) is 32.0 Å². The van der Waals surface area contributed by atoms with Crippen LogP contribution >= 0.6 is 11.3 Å². The normalized spacial score (nSPS) is 14.5.